The van der Waals surface area contributed by atoms with Gasteiger partial charge in [0.25, 0.3) is 0 Å². The van der Waals surface area contributed by atoms with E-state index in [1.807, 2.05) is 47.7 Å². The van der Waals surface area contributed by atoms with Crippen LogP contribution < -0.4 is 0 Å². The Hall–Kier alpha value is -6.49. The molecule has 0 N–H and O–H groups in total. The molecule has 0 bridgehead atoms. The van der Waals surface area contributed by atoms with E-state index in [0.29, 0.717) is 17.5 Å². The second kappa shape index (κ2) is 12.1. The lowest BCUT2D eigenvalue weighted by Crippen LogP contribution is -2.00. The van der Waals surface area contributed by atoms with Crippen LogP contribution in [0.3, 0.4) is 0 Å². The molecule has 8 aromatic carbocycles. The molecule has 0 aliphatic carbocycles. The van der Waals surface area contributed by atoms with Gasteiger partial charge in [0.1, 0.15) is 0 Å². The Bertz CT molecular complexity index is 2860. The Balaban J connectivity index is 1.22. The molecule has 3 nitrogen and oxygen atoms in total. The highest BCUT2D eigenvalue weighted by atomic mass is 32.1. The van der Waals surface area contributed by atoms with Gasteiger partial charge >= 0.3 is 0 Å². The van der Waals surface area contributed by atoms with Gasteiger partial charge in [-0.25, -0.2) is 15.0 Å². The van der Waals surface area contributed by atoms with E-state index in [-0.39, 0.29) is 0 Å². The highest BCUT2D eigenvalue weighted by Gasteiger charge is 2.18. The first-order valence-corrected chi connectivity index (χ1v) is 17.9. The smallest absolute Gasteiger partial charge is 0.164 e. The highest BCUT2D eigenvalue weighted by Crippen LogP contribution is 2.44. The van der Waals surface area contributed by atoms with Crippen LogP contribution in [0.1, 0.15) is 0 Å². The molecule has 0 saturated carbocycles. The number of aromatic nitrogens is 3. The third kappa shape index (κ3) is 5.16. The number of nitrogens with zero attached hydrogens (tertiary/aromatic N) is 3. The summed E-state index contributed by atoms with van der Waals surface area (Å²) in [5, 5.41) is 7.53. The van der Waals surface area contributed by atoms with Gasteiger partial charge < -0.3 is 0 Å². The second-order valence-corrected chi connectivity index (χ2v) is 13.9. The van der Waals surface area contributed by atoms with Gasteiger partial charge in [0.2, 0.25) is 0 Å². The van der Waals surface area contributed by atoms with Crippen molar-refractivity contribution in [2.45, 2.75) is 0 Å². The van der Waals surface area contributed by atoms with Crippen molar-refractivity contribution in [1.29, 1.82) is 0 Å². The van der Waals surface area contributed by atoms with Crippen molar-refractivity contribution in [1.82, 2.24) is 15.0 Å². The molecule has 0 spiro atoms. The molecule has 4 heteroatoms. The van der Waals surface area contributed by atoms with Gasteiger partial charge in [0.05, 0.1) is 0 Å². The lowest BCUT2D eigenvalue weighted by Gasteiger charge is -2.14. The van der Waals surface area contributed by atoms with Crippen LogP contribution >= 0.6 is 11.3 Å². The van der Waals surface area contributed by atoms with Gasteiger partial charge in [-0.3, -0.25) is 0 Å². The van der Waals surface area contributed by atoms with Crippen LogP contribution in [0.2, 0.25) is 0 Å². The molecule has 2 heterocycles. The van der Waals surface area contributed by atoms with Gasteiger partial charge in [0, 0.05) is 36.9 Å². The Morgan fingerprint density at radius 2 is 0.843 bits per heavy atom. The Labute approximate surface area is 299 Å². The molecule has 0 amide bonds. The largest absolute Gasteiger partial charge is 0.208 e. The second-order valence-electron chi connectivity index (χ2n) is 12.8. The van der Waals surface area contributed by atoms with E-state index in [9.17, 15) is 0 Å². The highest BCUT2D eigenvalue weighted by molar-refractivity contribution is 7.26. The van der Waals surface area contributed by atoms with E-state index in [4.69, 9.17) is 15.0 Å². The normalized spacial score (nSPS) is 11.5. The summed E-state index contributed by atoms with van der Waals surface area (Å²) in [5.74, 6) is 1.96. The van der Waals surface area contributed by atoms with E-state index in [1.165, 1.54) is 52.8 Å². The first-order chi connectivity index (χ1) is 25.3. The van der Waals surface area contributed by atoms with Crippen LogP contribution in [-0.2, 0) is 0 Å². The summed E-state index contributed by atoms with van der Waals surface area (Å²) in [6.07, 6.45) is 0. The third-order valence-corrected chi connectivity index (χ3v) is 10.8. The zero-order chi connectivity index (χ0) is 33.7. The van der Waals surface area contributed by atoms with Crippen molar-refractivity contribution >= 4 is 53.1 Å². The fourth-order valence-electron chi connectivity index (χ4n) is 7.30. The summed E-state index contributed by atoms with van der Waals surface area (Å²) in [6, 6.07) is 62.3. The summed E-state index contributed by atoms with van der Waals surface area (Å²) in [6.45, 7) is 0. The molecule has 0 unspecified atom stereocenters. The minimum atomic E-state index is 0.653. The van der Waals surface area contributed by atoms with E-state index in [2.05, 4.69) is 140 Å². The first-order valence-electron chi connectivity index (χ1n) is 17.1. The number of rotatable bonds is 5. The first kappa shape index (κ1) is 29.4. The predicted octanol–water partition coefficient (Wildman–Crippen LogP) is 12.9. The van der Waals surface area contributed by atoms with Crippen LogP contribution in [0.25, 0.3) is 98.1 Å². The molecule has 51 heavy (non-hydrogen) atoms. The molecule has 0 atom stereocenters. The van der Waals surface area contributed by atoms with Crippen LogP contribution in [0, 0.1) is 0 Å². The molecular weight excluding hydrogens is 639 g/mol. The van der Waals surface area contributed by atoms with Crippen LogP contribution in [0.4, 0.5) is 0 Å². The van der Waals surface area contributed by atoms with Gasteiger partial charge in [-0.1, -0.05) is 146 Å². The zero-order valence-electron chi connectivity index (χ0n) is 27.5. The molecular formula is C47H29N3S. The molecule has 238 valence electrons. The van der Waals surface area contributed by atoms with E-state index >= 15 is 0 Å². The van der Waals surface area contributed by atoms with E-state index in [0.717, 1.165) is 27.8 Å². The topological polar surface area (TPSA) is 38.7 Å². The summed E-state index contributed by atoms with van der Waals surface area (Å²) < 4.78 is 2.46. The van der Waals surface area contributed by atoms with Crippen molar-refractivity contribution in [2.24, 2.45) is 0 Å². The number of fused-ring (bicyclic) bond motifs is 6. The monoisotopic (exact) mass is 667 g/mol. The molecule has 0 saturated heterocycles. The van der Waals surface area contributed by atoms with Crippen molar-refractivity contribution in [3.63, 3.8) is 0 Å². The van der Waals surface area contributed by atoms with E-state index in [1.54, 1.807) is 0 Å². The van der Waals surface area contributed by atoms with Gasteiger partial charge in [0.15, 0.2) is 17.5 Å². The standard InChI is InChI=1S/C47H29N3S/c1-3-14-30(15-4-1)45-48-46(31-16-5-2-6-17-31)50-47(49-45)35-28-41(44-39-24-11-12-25-42(39)51-43(44)29-35)33-20-13-19-32(26-33)40-27-34-18-7-8-21-36(34)37-22-9-10-23-38(37)40/h1-29H. The van der Waals surface area contributed by atoms with Crippen molar-refractivity contribution in [2.75, 3.05) is 0 Å². The third-order valence-electron chi connectivity index (χ3n) is 9.69. The van der Waals surface area contributed by atoms with Gasteiger partial charge in [-0.2, -0.15) is 0 Å². The molecule has 0 aliphatic rings. The lowest BCUT2D eigenvalue weighted by atomic mass is 9.90. The fraction of sp³-hybridized carbons (Fsp3) is 0. The summed E-state index contributed by atoms with van der Waals surface area (Å²) in [4.78, 5) is 15.2. The van der Waals surface area contributed by atoms with Crippen molar-refractivity contribution in [3.05, 3.63) is 176 Å². The fourth-order valence-corrected chi connectivity index (χ4v) is 8.47. The Morgan fingerprint density at radius 3 is 1.55 bits per heavy atom. The van der Waals surface area contributed by atoms with E-state index < -0.39 is 0 Å². The Kier molecular flexibility index (Phi) is 7.00. The zero-order valence-corrected chi connectivity index (χ0v) is 28.3. The predicted molar refractivity (Wildman–Crippen MR) is 215 cm³/mol. The van der Waals surface area contributed by atoms with Gasteiger partial charge in [-0.15, -0.1) is 11.3 Å². The van der Waals surface area contributed by atoms with Crippen LogP contribution in [-0.4, -0.2) is 15.0 Å². The minimum absolute atomic E-state index is 0.653. The van der Waals surface area contributed by atoms with Gasteiger partial charge in [-0.05, 0) is 74.1 Å². The molecule has 2 aromatic heterocycles. The quantitative estimate of drug-likeness (QED) is 0.171. The molecule has 0 aliphatic heterocycles. The molecule has 10 aromatic rings. The lowest BCUT2D eigenvalue weighted by molar-refractivity contribution is 1.07. The average molecular weight is 668 g/mol. The summed E-state index contributed by atoms with van der Waals surface area (Å²) in [7, 11) is 0. The Morgan fingerprint density at radius 1 is 0.314 bits per heavy atom. The SMILES string of the molecule is c1ccc(-c2nc(-c3ccccc3)nc(-c3cc(-c4cccc(-c5cc6ccccc6c6ccccc56)c4)c4c(c3)sc3ccccc34)n2)cc1. The van der Waals surface area contributed by atoms with Crippen LogP contribution in [0.5, 0.6) is 0 Å². The minimum Gasteiger partial charge on any atom is -0.208 e. The molecule has 0 radical (unpaired) electrons. The maximum Gasteiger partial charge on any atom is 0.164 e. The van der Waals surface area contributed by atoms with Crippen LogP contribution in [0.15, 0.2) is 176 Å². The summed E-state index contributed by atoms with van der Waals surface area (Å²) >= 11 is 1.81. The maximum atomic E-state index is 5.11. The number of thiophene rings is 1. The molecule has 10 rings (SSSR count). The van der Waals surface area contributed by atoms with Crippen molar-refractivity contribution < 1.29 is 0 Å². The number of hydrogen-bond acceptors (Lipinski definition) is 4. The number of benzene rings is 8. The van der Waals surface area contributed by atoms with Crippen molar-refractivity contribution in [3.8, 4) is 56.4 Å². The summed E-state index contributed by atoms with van der Waals surface area (Å²) in [5.41, 5.74) is 7.60. The molecule has 0 fully saturated rings. The number of hydrogen-bond donors (Lipinski definition) is 0. The average Bonchev–Trinajstić information content (AvgIpc) is 3.59. The maximum absolute atomic E-state index is 5.11.